The van der Waals surface area contributed by atoms with Crippen LogP contribution in [0.1, 0.15) is 54.3 Å². The van der Waals surface area contributed by atoms with E-state index in [0.717, 1.165) is 4.68 Å². The minimum Gasteiger partial charge on any atom is -0.497 e. The van der Waals surface area contributed by atoms with E-state index in [0.29, 0.717) is 11.3 Å². The molecule has 16 heteroatoms. The summed E-state index contributed by atoms with van der Waals surface area (Å²) in [6.45, 7) is -0.874. The fourth-order valence-electron chi connectivity index (χ4n) is 6.38. The van der Waals surface area contributed by atoms with Crippen molar-refractivity contribution in [3.05, 3.63) is 149 Å². The van der Waals surface area contributed by atoms with Crippen LogP contribution in [0.2, 0.25) is 0 Å². The van der Waals surface area contributed by atoms with Crippen molar-refractivity contribution < 1.29 is 60.4 Å². The maximum Gasteiger partial charge on any atom is 0.435 e. The summed E-state index contributed by atoms with van der Waals surface area (Å²) in [5, 5.41) is 3.94. The van der Waals surface area contributed by atoms with Crippen LogP contribution < -0.4 is 9.47 Å². The Kier molecular flexibility index (Phi) is 12.4. The van der Waals surface area contributed by atoms with Crippen LogP contribution in [0.5, 0.6) is 11.6 Å². The number of carbonyl (C=O) groups is 3. The zero-order valence-electron chi connectivity index (χ0n) is 31.4. The van der Waals surface area contributed by atoms with Crippen molar-refractivity contribution in [2.45, 2.75) is 62.4 Å². The number of aromatic nitrogens is 2. The van der Waals surface area contributed by atoms with Gasteiger partial charge >= 0.3 is 24.1 Å². The average Bonchev–Trinajstić information content (AvgIpc) is 4.03. The maximum absolute atomic E-state index is 16.9. The molecule has 0 saturated carbocycles. The first kappa shape index (κ1) is 40.6. The monoisotopic (exact) mass is 815 g/mol. The molecular formula is C43H37F4N3O9. The van der Waals surface area contributed by atoms with E-state index < -0.39 is 78.6 Å². The van der Waals surface area contributed by atoms with Gasteiger partial charge in [0.25, 0.3) is 0 Å². The summed E-state index contributed by atoms with van der Waals surface area (Å²) in [6, 6.07) is 29.1. The number of ether oxygens (including phenoxy) is 6. The molecule has 2 aliphatic heterocycles. The van der Waals surface area contributed by atoms with E-state index in [-0.39, 0.29) is 42.1 Å². The highest BCUT2D eigenvalue weighted by molar-refractivity contribution is 5.91. The maximum atomic E-state index is 16.9. The van der Waals surface area contributed by atoms with Crippen LogP contribution >= 0.6 is 0 Å². The summed E-state index contributed by atoms with van der Waals surface area (Å²) in [7, 11) is 1.45. The molecule has 1 saturated heterocycles. The number of carbonyl (C=O) groups excluding carboxylic acids is 3. The van der Waals surface area contributed by atoms with Crippen LogP contribution in [0, 0.1) is 0 Å². The van der Waals surface area contributed by atoms with Gasteiger partial charge in [0.2, 0.25) is 18.3 Å². The fourth-order valence-corrected chi connectivity index (χ4v) is 6.38. The largest absolute Gasteiger partial charge is 0.497 e. The smallest absolute Gasteiger partial charge is 0.435 e. The first-order valence-corrected chi connectivity index (χ1v) is 18.5. The number of hydrogen-bond acceptors (Lipinski definition) is 11. The van der Waals surface area contributed by atoms with E-state index in [2.05, 4.69) is 10.1 Å². The lowest BCUT2D eigenvalue weighted by molar-refractivity contribution is -0.265. The molecule has 4 aromatic carbocycles. The summed E-state index contributed by atoms with van der Waals surface area (Å²) >= 11 is 0. The number of benzene rings is 4. The second-order valence-electron chi connectivity index (χ2n) is 13.6. The van der Waals surface area contributed by atoms with E-state index in [1.165, 1.54) is 43.5 Å². The number of rotatable bonds is 15. The molecule has 1 unspecified atom stereocenters. The lowest BCUT2D eigenvalue weighted by atomic mass is 9.99. The molecule has 1 fully saturated rings. The molecule has 0 aliphatic carbocycles. The number of aliphatic imine (C=N–C) groups is 1. The van der Waals surface area contributed by atoms with E-state index in [9.17, 15) is 27.6 Å². The molecule has 6 atom stereocenters. The number of nitrogens with zero attached hydrogens (tertiary/aromatic N) is 3. The van der Waals surface area contributed by atoms with Gasteiger partial charge in [-0.1, -0.05) is 66.7 Å². The predicted molar refractivity (Wildman–Crippen MR) is 202 cm³/mol. The summed E-state index contributed by atoms with van der Waals surface area (Å²) in [5.74, 6) is -2.84. The minimum absolute atomic E-state index is 0.0146. The Morgan fingerprint density at radius 2 is 1.31 bits per heavy atom. The van der Waals surface area contributed by atoms with Crippen LogP contribution in [0.4, 0.5) is 17.6 Å². The Balaban J connectivity index is 1.31. The second kappa shape index (κ2) is 17.9. The van der Waals surface area contributed by atoms with Gasteiger partial charge in [-0.2, -0.15) is 18.3 Å². The second-order valence-corrected chi connectivity index (χ2v) is 13.6. The third-order valence-electron chi connectivity index (χ3n) is 9.50. The van der Waals surface area contributed by atoms with Crippen LogP contribution in [0.3, 0.4) is 0 Å². The van der Waals surface area contributed by atoms with Crippen molar-refractivity contribution in [2.24, 2.45) is 4.99 Å². The van der Waals surface area contributed by atoms with Gasteiger partial charge in [0.15, 0.2) is 18.0 Å². The molecule has 0 N–H and O–H groups in total. The molecule has 0 bridgehead atoms. The SMILES string of the molecule is COc1ccc(Cc2c(C(F)(F)F)nn(CCC3C=N3)c2O[C@@H]2O[C@H](COC(=O)c3ccccc3)[C@@H](F)[C@H](OC(=O)c3ccccc3)[C@H]2OC(=O)c2ccccc2)cc1. The number of alkyl halides is 4. The number of hydrogen-bond donors (Lipinski definition) is 0. The molecule has 0 spiro atoms. The van der Waals surface area contributed by atoms with E-state index in [1.54, 1.807) is 85.1 Å². The number of esters is 3. The number of halogens is 4. The van der Waals surface area contributed by atoms with Gasteiger partial charge in [-0.05, 0) is 60.5 Å². The lowest BCUT2D eigenvalue weighted by Gasteiger charge is -2.42. The Morgan fingerprint density at radius 1 is 0.763 bits per heavy atom. The van der Waals surface area contributed by atoms with E-state index in [4.69, 9.17) is 28.4 Å². The zero-order valence-corrected chi connectivity index (χ0v) is 31.4. The minimum atomic E-state index is -4.97. The first-order valence-electron chi connectivity index (χ1n) is 18.5. The lowest BCUT2D eigenvalue weighted by Crippen LogP contribution is -2.61. The first-order chi connectivity index (χ1) is 28.5. The van der Waals surface area contributed by atoms with Crippen molar-refractivity contribution in [1.29, 1.82) is 0 Å². The molecule has 2 aliphatic rings. The summed E-state index contributed by atoms with van der Waals surface area (Å²) < 4.78 is 97.1. The van der Waals surface area contributed by atoms with Gasteiger partial charge in [0, 0.05) is 19.2 Å². The van der Waals surface area contributed by atoms with Crippen LogP contribution in [-0.2, 0) is 38.1 Å². The number of methoxy groups -OCH3 is 1. The van der Waals surface area contributed by atoms with Crippen molar-refractivity contribution >= 4 is 24.1 Å². The quantitative estimate of drug-likeness (QED) is 0.0612. The van der Waals surface area contributed by atoms with Gasteiger partial charge in [0.05, 0.1) is 35.4 Å². The standard InChI is InChI=1S/C43H37F4N3O9/c1-54-31-19-17-26(18-20-31)23-32-37(43(45,46)47)49-50(22-21-30-24-48-30)38(32)59-42-36(58-41(53)29-15-9-4-10-16-29)35(57-40(52)28-13-7-3-8-14-28)34(44)33(56-42)25-55-39(51)27-11-5-2-6-12-27/h2-20,24,30,33-36,42H,21-23,25H2,1H3/t30?,33-,34-,35+,36-,42+/m1/s1. The molecule has 12 nitrogen and oxygen atoms in total. The van der Waals surface area contributed by atoms with Crippen molar-refractivity contribution in [3.63, 3.8) is 0 Å². The molecule has 59 heavy (non-hydrogen) atoms. The summed E-state index contributed by atoms with van der Waals surface area (Å²) in [4.78, 5) is 44.3. The summed E-state index contributed by atoms with van der Waals surface area (Å²) in [6.07, 6.45) is -13.4. The Morgan fingerprint density at radius 3 is 1.83 bits per heavy atom. The Hall–Kier alpha value is -6.55. The highest BCUT2D eigenvalue weighted by atomic mass is 19.4. The third-order valence-corrected chi connectivity index (χ3v) is 9.50. The van der Waals surface area contributed by atoms with Gasteiger partial charge in [-0.3, -0.25) is 4.99 Å². The van der Waals surface area contributed by atoms with Gasteiger partial charge in [0.1, 0.15) is 18.5 Å². The third kappa shape index (κ3) is 9.95. The molecule has 3 heterocycles. The van der Waals surface area contributed by atoms with Crippen molar-refractivity contribution in [1.82, 2.24) is 9.78 Å². The molecule has 7 rings (SSSR count). The summed E-state index contributed by atoms with van der Waals surface area (Å²) in [5.41, 5.74) is -1.09. The topological polar surface area (TPSA) is 137 Å². The average molecular weight is 816 g/mol. The van der Waals surface area contributed by atoms with Crippen molar-refractivity contribution in [2.75, 3.05) is 13.7 Å². The van der Waals surface area contributed by atoms with Crippen molar-refractivity contribution in [3.8, 4) is 11.6 Å². The Bertz CT molecular complexity index is 2250. The molecule has 0 radical (unpaired) electrons. The highest BCUT2D eigenvalue weighted by Gasteiger charge is 2.53. The molecular weight excluding hydrogens is 778 g/mol. The normalized spacial score (nSPS) is 21.0. The fraction of sp³-hybridized carbons (Fsp3) is 0.279. The predicted octanol–water partition coefficient (Wildman–Crippen LogP) is 7.09. The molecule has 5 aromatic rings. The molecule has 0 amide bonds. The Labute approximate surface area is 335 Å². The van der Waals surface area contributed by atoms with E-state index in [1.807, 2.05) is 0 Å². The zero-order chi connectivity index (χ0) is 41.5. The van der Waals surface area contributed by atoms with Crippen LogP contribution in [0.15, 0.2) is 120 Å². The molecule has 306 valence electrons. The van der Waals surface area contributed by atoms with Gasteiger partial charge in [-0.25, -0.2) is 23.5 Å². The van der Waals surface area contributed by atoms with Crippen LogP contribution in [-0.4, -0.2) is 84.4 Å². The molecule has 1 aromatic heterocycles. The van der Waals surface area contributed by atoms with E-state index >= 15 is 4.39 Å². The number of aryl methyl sites for hydroxylation is 1. The van der Waals surface area contributed by atoms with Crippen LogP contribution in [0.25, 0.3) is 0 Å². The van der Waals surface area contributed by atoms with Gasteiger partial charge in [-0.15, -0.1) is 0 Å². The highest BCUT2D eigenvalue weighted by Crippen LogP contribution is 2.40. The van der Waals surface area contributed by atoms with Gasteiger partial charge < -0.3 is 28.4 Å².